The van der Waals surface area contributed by atoms with Crippen LogP contribution in [0.15, 0.2) is 73.1 Å². The number of rotatable bonds is 10. The Hall–Kier alpha value is -2.64. The molecular formula is C24H30N3O3+. The van der Waals surface area contributed by atoms with Crippen molar-refractivity contribution in [2.24, 2.45) is 0 Å². The second kappa shape index (κ2) is 9.45. The minimum atomic E-state index is -0.568. The lowest BCUT2D eigenvalue weighted by Gasteiger charge is -2.24. The van der Waals surface area contributed by atoms with E-state index in [1.54, 1.807) is 0 Å². The Bertz CT molecular complexity index is 1000. The van der Waals surface area contributed by atoms with Gasteiger partial charge in [0.2, 0.25) is 0 Å². The van der Waals surface area contributed by atoms with Crippen molar-refractivity contribution >= 4 is 21.8 Å². The number of nitrogens with one attached hydrogen (secondary N) is 1. The summed E-state index contributed by atoms with van der Waals surface area (Å²) in [4.78, 5) is 0.991. The zero-order valence-corrected chi connectivity index (χ0v) is 17.1. The molecule has 0 saturated heterocycles. The third-order valence-electron chi connectivity index (χ3n) is 5.69. The van der Waals surface area contributed by atoms with Crippen LogP contribution in [0.3, 0.4) is 0 Å². The van der Waals surface area contributed by atoms with E-state index in [1.807, 2.05) is 60.9 Å². The summed E-state index contributed by atoms with van der Waals surface area (Å²) < 4.78 is 4.11. The predicted molar refractivity (Wildman–Crippen MR) is 119 cm³/mol. The van der Waals surface area contributed by atoms with Crippen LogP contribution in [0.25, 0.3) is 21.8 Å². The Balaban J connectivity index is 1.36. The molecule has 0 bridgehead atoms. The van der Waals surface area contributed by atoms with Gasteiger partial charge in [-0.1, -0.05) is 36.4 Å². The first-order chi connectivity index (χ1) is 14.6. The van der Waals surface area contributed by atoms with Gasteiger partial charge in [0, 0.05) is 23.4 Å². The van der Waals surface area contributed by atoms with Gasteiger partial charge in [0.25, 0.3) is 0 Å². The highest BCUT2D eigenvalue weighted by molar-refractivity contribution is 5.80. The van der Waals surface area contributed by atoms with E-state index in [0.29, 0.717) is 32.7 Å². The van der Waals surface area contributed by atoms with Gasteiger partial charge in [0.05, 0.1) is 19.7 Å². The number of fused-ring (bicyclic) bond motifs is 2. The molecule has 0 aliphatic carbocycles. The van der Waals surface area contributed by atoms with E-state index in [2.05, 4.69) is 21.3 Å². The van der Waals surface area contributed by atoms with Gasteiger partial charge in [-0.05, 0) is 35.0 Å². The quantitative estimate of drug-likeness (QED) is 0.315. The van der Waals surface area contributed by atoms with Gasteiger partial charge in [-0.15, -0.1) is 0 Å². The van der Waals surface area contributed by atoms with Crippen LogP contribution in [0.4, 0.5) is 0 Å². The SMILES string of the molecule is OCC[NH+](C[C@H](O)Cn1ccc2ccccc21)C[C@@H](O)Cn1ccc2ccccc21. The van der Waals surface area contributed by atoms with E-state index in [1.165, 1.54) is 0 Å². The zero-order valence-electron chi connectivity index (χ0n) is 17.1. The number of para-hydroxylation sites is 2. The molecule has 4 rings (SSSR count). The summed E-state index contributed by atoms with van der Waals surface area (Å²) >= 11 is 0. The number of aromatic nitrogens is 2. The molecule has 3 atom stereocenters. The van der Waals surface area contributed by atoms with Crippen LogP contribution in [0, 0.1) is 0 Å². The van der Waals surface area contributed by atoms with E-state index in [9.17, 15) is 15.3 Å². The fourth-order valence-electron chi connectivity index (χ4n) is 4.29. The molecule has 0 spiro atoms. The van der Waals surface area contributed by atoms with E-state index >= 15 is 0 Å². The molecule has 4 N–H and O–H groups in total. The average molecular weight is 409 g/mol. The van der Waals surface area contributed by atoms with Crippen molar-refractivity contribution < 1.29 is 20.2 Å². The van der Waals surface area contributed by atoms with Crippen LogP contribution < -0.4 is 4.90 Å². The number of nitrogens with zero attached hydrogens (tertiary/aromatic N) is 2. The molecule has 6 nitrogen and oxygen atoms in total. The minimum Gasteiger partial charge on any atom is -0.391 e. The smallest absolute Gasteiger partial charge is 0.121 e. The summed E-state index contributed by atoms with van der Waals surface area (Å²) in [6.07, 6.45) is 2.85. The van der Waals surface area contributed by atoms with Gasteiger partial charge < -0.3 is 29.4 Å². The number of aliphatic hydroxyl groups excluding tert-OH is 3. The standard InChI is InChI=1S/C24H29N3O3/c28-14-13-25(15-21(29)17-26-11-9-19-5-1-3-7-23(19)26)16-22(30)18-27-12-10-20-6-2-4-8-24(20)27/h1-12,21-22,28-30H,13-18H2/p+1/t21-,22+. The van der Waals surface area contributed by atoms with Crippen molar-refractivity contribution in [1.29, 1.82) is 0 Å². The largest absolute Gasteiger partial charge is 0.391 e. The molecule has 2 aromatic heterocycles. The molecule has 0 amide bonds. The molecule has 158 valence electrons. The molecule has 1 unspecified atom stereocenters. The lowest BCUT2D eigenvalue weighted by Crippen LogP contribution is -3.14. The second-order valence-corrected chi connectivity index (χ2v) is 7.99. The normalized spacial score (nSPS) is 14.9. The highest BCUT2D eigenvalue weighted by Gasteiger charge is 2.20. The van der Waals surface area contributed by atoms with E-state index in [4.69, 9.17) is 0 Å². The maximum absolute atomic E-state index is 10.7. The summed E-state index contributed by atoms with van der Waals surface area (Å²) in [6, 6.07) is 20.3. The molecule has 0 radical (unpaired) electrons. The Morgan fingerprint density at radius 2 is 1.17 bits per heavy atom. The summed E-state index contributed by atoms with van der Waals surface area (Å²) in [5.41, 5.74) is 2.19. The van der Waals surface area contributed by atoms with Crippen LogP contribution >= 0.6 is 0 Å². The van der Waals surface area contributed by atoms with Crippen molar-refractivity contribution in [2.75, 3.05) is 26.2 Å². The number of benzene rings is 2. The third kappa shape index (κ3) is 4.74. The van der Waals surface area contributed by atoms with Crippen molar-refractivity contribution in [3.8, 4) is 0 Å². The minimum absolute atomic E-state index is 0.0215. The summed E-state index contributed by atoms with van der Waals surface area (Å²) in [5, 5.41) is 33.1. The maximum Gasteiger partial charge on any atom is 0.121 e. The molecular weight excluding hydrogens is 378 g/mol. The first-order valence-electron chi connectivity index (χ1n) is 10.5. The molecule has 2 aromatic carbocycles. The predicted octanol–water partition coefficient (Wildman–Crippen LogP) is 0.895. The Labute approximate surface area is 176 Å². The zero-order chi connectivity index (χ0) is 20.9. The lowest BCUT2D eigenvalue weighted by atomic mass is 10.2. The second-order valence-electron chi connectivity index (χ2n) is 7.99. The average Bonchev–Trinajstić information content (AvgIpc) is 3.33. The molecule has 0 saturated carbocycles. The maximum atomic E-state index is 10.7. The Kier molecular flexibility index (Phi) is 6.50. The summed E-state index contributed by atoms with van der Waals surface area (Å²) in [5.74, 6) is 0. The number of quaternary nitrogens is 1. The molecule has 0 aliphatic heterocycles. The van der Waals surface area contributed by atoms with Crippen molar-refractivity contribution in [3.05, 3.63) is 73.1 Å². The van der Waals surface area contributed by atoms with Gasteiger partial charge in [0.1, 0.15) is 31.8 Å². The highest BCUT2D eigenvalue weighted by Crippen LogP contribution is 2.16. The highest BCUT2D eigenvalue weighted by atomic mass is 16.3. The van der Waals surface area contributed by atoms with Gasteiger partial charge in [-0.25, -0.2) is 0 Å². The van der Waals surface area contributed by atoms with Gasteiger partial charge in [-0.2, -0.15) is 0 Å². The van der Waals surface area contributed by atoms with E-state index in [-0.39, 0.29) is 6.61 Å². The fourth-order valence-corrected chi connectivity index (χ4v) is 4.29. The molecule has 2 heterocycles. The van der Waals surface area contributed by atoms with Crippen molar-refractivity contribution in [3.63, 3.8) is 0 Å². The monoisotopic (exact) mass is 408 g/mol. The first-order valence-corrected chi connectivity index (χ1v) is 10.5. The molecule has 0 fully saturated rings. The van der Waals surface area contributed by atoms with E-state index in [0.717, 1.165) is 26.7 Å². The molecule has 4 aromatic rings. The van der Waals surface area contributed by atoms with Gasteiger partial charge in [0.15, 0.2) is 0 Å². The number of hydrogen-bond acceptors (Lipinski definition) is 3. The molecule has 0 aliphatic rings. The summed E-state index contributed by atoms with van der Waals surface area (Å²) in [6.45, 7) is 2.43. The topological polar surface area (TPSA) is 75.0 Å². The third-order valence-corrected chi connectivity index (χ3v) is 5.69. The van der Waals surface area contributed by atoms with Crippen LogP contribution in [-0.4, -0.2) is 62.9 Å². The lowest BCUT2D eigenvalue weighted by molar-refractivity contribution is -0.906. The molecule has 6 heteroatoms. The number of hydrogen-bond donors (Lipinski definition) is 4. The summed E-state index contributed by atoms with van der Waals surface area (Å²) in [7, 11) is 0. The first kappa shape index (κ1) is 20.6. The number of aliphatic hydroxyl groups is 3. The fraction of sp³-hybridized carbons (Fsp3) is 0.333. The van der Waals surface area contributed by atoms with Crippen LogP contribution in [0.1, 0.15) is 0 Å². The Morgan fingerprint density at radius 3 is 1.63 bits per heavy atom. The Morgan fingerprint density at radius 1 is 0.700 bits per heavy atom. The van der Waals surface area contributed by atoms with Gasteiger partial charge in [-0.3, -0.25) is 0 Å². The van der Waals surface area contributed by atoms with Crippen LogP contribution in [0.2, 0.25) is 0 Å². The van der Waals surface area contributed by atoms with Crippen LogP contribution in [0.5, 0.6) is 0 Å². The van der Waals surface area contributed by atoms with Crippen LogP contribution in [-0.2, 0) is 13.1 Å². The van der Waals surface area contributed by atoms with Crippen molar-refractivity contribution in [2.45, 2.75) is 25.3 Å². The molecule has 30 heavy (non-hydrogen) atoms. The van der Waals surface area contributed by atoms with Crippen molar-refractivity contribution in [1.82, 2.24) is 9.13 Å². The van der Waals surface area contributed by atoms with E-state index < -0.39 is 12.2 Å². The van der Waals surface area contributed by atoms with Gasteiger partial charge >= 0.3 is 0 Å².